The normalized spacial score (nSPS) is 17.2. The van der Waals surface area contributed by atoms with Crippen LogP contribution in [0.4, 0.5) is 5.82 Å². The summed E-state index contributed by atoms with van der Waals surface area (Å²) in [4.78, 5) is 16.4. The lowest BCUT2D eigenvalue weighted by Crippen LogP contribution is -2.38. The SMILES string of the molecule is CNc1cccc(C(=O)NCC2(SC)CCCC2)n1. The maximum atomic E-state index is 12.1. The molecule has 1 aliphatic carbocycles. The van der Waals surface area contributed by atoms with E-state index in [1.807, 2.05) is 23.9 Å². The third kappa shape index (κ3) is 3.41. The second-order valence-electron chi connectivity index (χ2n) is 4.93. The van der Waals surface area contributed by atoms with Crippen molar-refractivity contribution in [2.24, 2.45) is 0 Å². The Labute approximate surface area is 118 Å². The fourth-order valence-corrected chi connectivity index (χ4v) is 3.42. The van der Waals surface area contributed by atoms with Crippen LogP contribution in [0.2, 0.25) is 0 Å². The maximum Gasteiger partial charge on any atom is 0.270 e. The van der Waals surface area contributed by atoms with Crippen LogP contribution >= 0.6 is 11.8 Å². The number of carbonyl (C=O) groups is 1. The van der Waals surface area contributed by atoms with Gasteiger partial charge in [0, 0.05) is 18.3 Å². The zero-order chi connectivity index (χ0) is 13.7. The van der Waals surface area contributed by atoms with E-state index in [0.717, 1.165) is 6.54 Å². The summed E-state index contributed by atoms with van der Waals surface area (Å²) in [6.07, 6.45) is 7.06. The average molecular weight is 279 g/mol. The molecule has 0 radical (unpaired) electrons. The minimum absolute atomic E-state index is 0.0857. The van der Waals surface area contributed by atoms with Crippen LogP contribution in [0, 0.1) is 0 Å². The van der Waals surface area contributed by atoms with Gasteiger partial charge < -0.3 is 10.6 Å². The van der Waals surface area contributed by atoms with Crippen molar-refractivity contribution < 1.29 is 4.79 Å². The summed E-state index contributed by atoms with van der Waals surface area (Å²) in [6, 6.07) is 5.43. The zero-order valence-electron chi connectivity index (χ0n) is 11.5. The van der Waals surface area contributed by atoms with Crippen molar-refractivity contribution in [3.05, 3.63) is 23.9 Å². The van der Waals surface area contributed by atoms with Crippen LogP contribution in [-0.2, 0) is 0 Å². The molecular formula is C14H21N3OS. The predicted molar refractivity (Wildman–Crippen MR) is 80.8 cm³/mol. The number of pyridine rings is 1. The number of hydrogen-bond acceptors (Lipinski definition) is 4. The van der Waals surface area contributed by atoms with Gasteiger partial charge in [0.15, 0.2) is 0 Å². The number of nitrogens with one attached hydrogen (secondary N) is 2. The summed E-state index contributed by atoms with van der Waals surface area (Å²) >= 11 is 1.88. The summed E-state index contributed by atoms with van der Waals surface area (Å²) in [5.74, 6) is 0.630. The third-order valence-electron chi connectivity index (χ3n) is 3.76. The number of nitrogens with zero attached hydrogens (tertiary/aromatic N) is 1. The molecule has 0 aliphatic heterocycles. The lowest BCUT2D eigenvalue weighted by molar-refractivity contribution is 0.0945. The van der Waals surface area contributed by atoms with Crippen molar-refractivity contribution in [3.63, 3.8) is 0 Å². The molecule has 1 saturated carbocycles. The molecule has 1 fully saturated rings. The topological polar surface area (TPSA) is 54.0 Å². The van der Waals surface area contributed by atoms with Gasteiger partial charge in [0.25, 0.3) is 5.91 Å². The number of hydrogen-bond donors (Lipinski definition) is 2. The van der Waals surface area contributed by atoms with E-state index in [-0.39, 0.29) is 10.7 Å². The van der Waals surface area contributed by atoms with Gasteiger partial charge in [0.2, 0.25) is 0 Å². The molecule has 104 valence electrons. The molecule has 1 aromatic rings. The van der Waals surface area contributed by atoms with Crippen LogP contribution in [0.25, 0.3) is 0 Å². The lowest BCUT2D eigenvalue weighted by atomic mass is 10.1. The molecule has 2 rings (SSSR count). The highest BCUT2D eigenvalue weighted by Crippen LogP contribution is 2.39. The minimum atomic E-state index is -0.0857. The van der Waals surface area contributed by atoms with Gasteiger partial charge in [-0.2, -0.15) is 11.8 Å². The molecule has 0 bridgehead atoms. The zero-order valence-corrected chi connectivity index (χ0v) is 12.3. The summed E-state index contributed by atoms with van der Waals surface area (Å²) < 4.78 is 0.232. The van der Waals surface area contributed by atoms with Gasteiger partial charge in [-0.1, -0.05) is 18.9 Å². The molecule has 1 aliphatic rings. The van der Waals surface area contributed by atoms with E-state index in [1.165, 1.54) is 25.7 Å². The van der Waals surface area contributed by atoms with E-state index in [4.69, 9.17) is 0 Å². The van der Waals surface area contributed by atoms with E-state index >= 15 is 0 Å². The number of carbonyl (C=O) groups excluding carboxylic acids is 1. The molecule has 1 amide bonds. The summed E-state index contributed by atoms with van der Waals surface area (Å²) in [5.41, 5.74) is 0.473. The smallest absolute Gasteiger partial charge is 0.270 e. The van der Waals surface area contributed by atoms with E-state index in [0.29, 0.717) is 11.5 Å². The van der Waals surface area contributed by atoms with Crippen molar-refractivity contribution in [1.29, 1.82) is 0 Å². The average Bonchev–Trinajstić information content (AvgIpc) is 2.94. The predicted octanol–water partition coefficient (Wildman–Crippen LogP) is 2.53. The molecule has 4 nitrogen and oxygen atoms in total. The Morgan fingerprint density at radius 2 is 2.16 bits per heavy atom. The van der Waals surface area contributed by atoms with Crippen LogP contribution in [0.1, 0.15) is 36.2 Å². The van der Waals surface area contributed by atoms with Crippen LogP contribution in [-0.4, -0.2) is 35.5 Å². The van der Waals surface area contributed by atoms with Gasteiger partial charge in [-0.05, 0) is 31.2 Å². The molecule has 0 spiro atoms. The Kier molecular flexibility index (Phi) is 4.69. The Hall–Kier alpha value is -1.23. The van der Waals surface area contributed by atoms with Crippen LogP contribution in [0.15, 0.2) is 18.2 Å². The van der Waals surface area contributed by atoms with Gasteiger partial charge in [0.1, 0.15) is 11.5 Å². The molecule has 0 unspecified atom stereocenters. The molecular weight excluding hydrogens is 258 g/mol. The number of rotatable bonds is 5. The first-order valence-electron chi connectivity index (χ1n) is 6.67. The Morgan fingerprint density at radius 3 is 2.79 bits per heavy atom. The number of amides is 1. The quantitative estimate of drug-likeness (QED) is 0.869. The van der Waals surface area contributed by atoms with Crippen molar-refractivity contribution >= 4 is 23.5 Å². The van der Waals surface area contributed by atoms with Gasteiger partial charge in [-0.3, -0.25) is 4.79 Å². The van der Waals surface area contributed by atoms with Crippen LogP contribution in [0.3, 0.4) is 0 Å². The van der Waals surface area contributed by atoms with Gasteiger partial charge >= 0.3 is 0 Å². The molecule has 1 aromatic heterocycles. The highest BCUT2D eigenvalue weighted by atomic mass is 32.2. The van der Waals surface area contributed by atoms with Crippen LogP contribution in [0.5, 0.6) is 0 Å². The van der Waals surface area contributed by atoms with E-state index in [1.54, 1.807) is 13.1 Å². The van der Waals surface area contributed by atoms with Gasteiger partial charge in [-0.25, -0.2) is 4.98 Å². The van der Waals surface area contributed by atoms with Gasteiger partial charge in [-0.15, -0.1) is 0 Å². The molecule has 0 aromatic carbocycles. The van der Waals surface area contributed by atoms with Gasteiger partial charge in [0.05, 0.1) is 0 Å². The lowest BCUT2D eigenvalue weighted by Gasteiger charge is -2.26. The first-order chi connectivity index (χ1) is 9.19. The molecule has 19 heavy (non-hydrogen) atoms. The Bertz CT molecular complexity index is 444. The van der Waals surface area contributed by atoms with Crippen molar-refractivity contribution in [2.45, 2.75) is 30.4 Å². The molecule has 2 N–H and O–H groups in total. The Morgan fingerprint density at radius 1 is 1.42 bits per heavy atom. The first kappa shape index (κ1) is 14.2. The molecule has 0 saturated heterocycles. The van der Waals surface area contributed by atoms with E-state index in [9.17, 15) is 4.79 Å². The third-order valence-corrected chi connectivity index (χ3v) is 5.18. The standard InChI is InChI=1S/C14H21N3OS/c1-15-12-7-5-6-11(17-12)13(18)16-10-14(19-2)8-3-4-9-14/h5-7H,3-4,8-10H2,1-2H3,(H,15,17)(H,16,18). The molecule has 1 heterocycles. The monoisotopic (exact) mass is 279 g/mol. The minimum Gasteiger partial charge on any atom is -0.373 e. The Balaban J connectivity index is 1.97. The van der Waals surface area contributed by atoms with Crippen molar-refractivity contribution in [2.75, 3.05) is 25.2 Å². The number of anilines is 1. The van der Waals surface area contributed by atoms with Crippen LogP contribution < -0.4 is 10.6 Å². The maximum absolute atomic E-state index is 12.1. The van der Waals surface area contributed by atoms with Crippen molar-refractivity contribution in [1.82, 2.24) is 10.3 Å². The first-order valence-corrected chi connectivity index (χ1v) is 7.90. The van der Waals surface area contributed by atoms with Crippen molar-refractivity contribution in [3.8, 4) is 0 Å². The highest BCUT2D eigenvalue weighted by molar-refractivity contribution is 8.00. The molecule has 0 atom stereocenters. The summed E-state index contributed by atoms with van der Waals surface area (Å²) in [5, 5.41) is 5.98. The van der Waals surface area contributed by atoms with E-state index < -0.39 is 0 Å². The second-order valence-corrected chi connectivity index (χ2v) is 6.21. The number of aromatic nitrogens is 1. The largest absolute Gasteiger partial charge is 0.373 e. The highest BCUT2D eigenvalue weighted by Gasteiger charge is 2.33. The summed E-state index contributed by atoms with van der Waals surface area (Å²) in [7, 11) is 1.80. The molecule has 5 heteroatoms. The fourth-order valence-electron chi connectivity index (χ4n) is 2.50. The summed E-state index contributed by atoms with van der Waals surface area (Å²) in [6.45, 7) is 0.735. The van der Waals surface area contributed by atoms with E-state index in [2.05, 4.69) is 21.9 Å². The second kappa shape index (κ2) is 6.28. The fraction of sp³-hybridized carbons (Fsp3) is 0.571. The number of thioether (sulfide) groups is 1.